The number of para-hydroxylation sites is 2. The van der Waals surface area contributed by atoms with E-state index in [-0.39, 0.29) is 5.91 Å². The molecule has 1 fully saturated rings. The number of amides is 1. The molecule has 7 heteroatoms. The minimum Gasteiger partial charge on any atom is -0.341 e. The molecule has 2 aromatic heterocycles. The summed E-state index contributed by atoms with van der Waals surface area (Å²) in [5.41, 5.74) is 2.65. The number of aromatic amines is 1. The summed E-state index contributed by atoms with van der Waals surface area (Å²) in [4.78, 5) is 26.8. The number of rotatable bonds is 6. The topological polar surface area (TPSA) is 73.9 Å². The van der Waals surface area contributed by atoms with Gasteiger partial charge in [-0.05, 0) is 31.4 Å². The van der Waals surface area contributed by atoms with E-state index in [2.05, 4.69) is 20.3 Å². The average Bonchev–Trinajstić information content (AvgIpc) is 3.32. The normalized spacial score (nSPS) is 14.8. The fraction of sp³-hybridized carbons (Fsp3) is 0.421. The van der Waals surface area contributed by atoms with Crippen molar-refractivity contribution in [3.8, 4) is 0 Å². The first-order chi connectivity index (χ1) is 12.8. The number of carbonyl (C=O) groups is 1. The van der Waals surface area contributed by atoms with Crippen molar-refractivity contribution in [2.45, 2.75) is 32.2 Å². The van der Waals surface area contributed by atoms with Gasteiger partial charge in [0.25, 0.3) is 5.91 Å². The fourth-order valence-corrected chi connectivity index (χ4v) is 4.05. The Morgan fingerprint density at radius 1 is 1.19 bits per heavy atom. The number of fused-ring (bicyclic) bond motifs is 1. The second-order valence-corrected chi connectivity index (χ2v) is 7.55. The number of likely N-dealkylation sites (tertiary alicyclic amines) is 1. The molecule has 0 aliphatic carbocycles. The van der Waals surface area contributed by atoms with Gasteiger partial charge in [0.1, 0.15) is 11.5 Å². The Kier molecular flexibility index (Phi) is 5.26. The molecule has 0 radical (unpaired) electrons. The zero-order valence-electron chi connectivity index (χ0n) is 14.7. The lowest BCUT2D eigenvalue weighted by Gasteiger charge is -2.25. The van der Waals surface area contributed by atoms with Crippen LogP contribution in [0.5, 0.6) is 0 Å². The van der Waals surface area contributed by atoms with Crippen molar-refractivity contribution in [1.29, 1.82) is 0 Å². The molecule has 3 aromatic rings. The van der Waals surface area contributed by atoms with Gasteiger partial charge in [-0.3, -0.25) is 4.79 Å². The first-order valence-electron chi connectivity index (χ1n) is 9.17. The predicted molar refractivity (Wildman–Crippen MR) is 103 cm³/mol. The first kappa shape index (κ1) is 17.2. The van der Waals surface area contributed by atoms with E-state index in [0.717, 1.165) is 60.8 Å². The molecule has 0 unspecified atom stereocenters. The molecule has 1 amide bonds. The van der Waals surface area contributed by atoms with Crippen molar-refractivity contribution >= 4 is 28.3 Å². The molecule has 1 saturated heterocycles. The molecule has 0 atom stereocenters. The Balaban J connectivity index is 1.26. The highest BCUT2D eigenvalue weighted by Crippen LogP contribution is 2.16. The Hall–Kier alpha value is -2.25. The standard InChI is InChI=1S/C19H23N5OS/c25-19(24-10-4-1-5-11-24)16-13-26-18(23-16)8-9-20-12-17-21-14-6-2-3-7-15(14)22-17/h2-3,6-7,13,20H,1,4-5,8-12H2,(H,21,22). The number of imidazole rings is 1. The average molecular weight is 369 g/mol. The van der Waals surface area contributed by atoms with Gasteiger partial charge in [-0.15, -0.1) is 11.3 Å². The number of benzene rings is 1. The van der Waals surface area contributed by atoms with Crippen LogP contribution in [-0.4, -0.2) is 45.4 Å². The predicted octanol–water partition coefficient (Wildman–Crippen LogP) is 2.98. The number of H-pyrrole nitrogens is 1. The monoisotopic (exact) mass is 369 g/mol. The smallest absolute Gasteiger partial charge is 0.273 e. The van der Waals surface area contributed by atoms with Crippen LogP contribution in [0.2, 0.25) is 0 Å². The van der Waals surface area contributed by atoms with E-state index in [1.807, 2.05) is 34.5 Å². The van der Waals surface area contributed by atoms with Crippen LogP contribution in [0.15, 0.2) is 29.6 Å². The van der Waals surface area contributed by atoms with Gasteiger partial charge in [-0.1, -0.05) is 12.1 Å². The maximum absolute atomic E-state index is 12.5. The minimum atomic E-state index is 0.0856. The molecule has 136 valence electrons. The third-order valence-electron chi connectivity index (χ3n) is 4.66. The largest absolute Gasteiger partial charge is 0.341 e. The molecule has 0 bridgehead atoms. The lowest BCUT2D eigenvalue weighted by atomic mass is 10.1. The highest BCUT2D eigenvalue weighted by molar-refractivity contribution is 7.09. The lowest BCUT2D eigenvalue weighted by molar-refractivity contribution is 0.0719. The molecular weight excluding hydrogens is 346 g/mol. The van der Waals surface area contributed by atoms with Crippen LogP contribution in [-0.2, 0) is 13.0 Å². The van der Waals surface area contributed by atoms with Gasteiger partial charge in [0, 0.05) is 31.4 Å². The van der Waals surface area contributed by atoms with Crippen LogP contribution < -0.4 is 5.32 Å². The summed E-state index contributed by atoms with van der Waals surface area (Å²) in [5.74, 6) is 1.02. The lowest BCUT2D eigenvalue weighted by Crippen LogP contribution is -2.35. The number of hydrogen-bond donors (Lipinski definition) is 2. The van der Waals surface area contributed by atoms with Crippen molar-refractivity contribution in [3.05, 3.63) is 46.2 Å². The number of hydrogen-bond acceptors (Lipinski definition) is 5. The third-order valence-corrected chi connectivity index (χ3v) is 5.57. The van der Waals surface area contributed by atoms with Gasteiger partial charge in [0.2, 0.25) is 0 Å². The Labute approximate surface area is 156 Å². The molecule has 2 N–H and O–H groups in total. The SMILES string of the molecule is O=C(c1csc(CCNCc2nc3ccccc3[nH]2)n1)N1CCCCC1. The molecule has 6 nitrogen and oxygen atoms in total. The Morgan fingerprint density at radius 2 is 2.04 bits per heavy atom. The quantitative estimate of drug-likeness (QED) is 0.655. The number of thiazole rings is 1. The summed E-state index contributed by atoms with van der Waals surface area (Å²) in [7, 11) is 0. The van der Waals surface area contributed by atoms with Crippen molar-refractivity contribution in [2.75, 3.05) is 19.6 Å². The summed E-state index contributed by atoms with van der Waals surface area (Å²) in [6.45, 7) is 3.23. The highest BCUT2D eigenvalue weighted by atomic mass is 32.1. The van der Waals surface area contributed by atoms with E-state index in [1.165, 1.54) is 6.42 Å². The van der Waals surface area contributed by atoms with Crippen LogP contribution in [0.25, 0.3) is 11.0 Å². The zero-order valence-corrected chi connectivity index (χ0v) is 15.5. The van der Waals surface area contributed by atoms with E-state index >= 15 is 0 Å². The van der Waals surface area contributed by atoms with Gasteiger partial charge in [-0.2, -0.15) is 0 Å². The minimum absolute atomic E-state index is 0.0856. The number of nitrogens with one attached hydrogen (secondary N) is 2. The first-order valence-corrected chi connectivity index (χ1v) is 10.1. The molecule has 0 spiro atoms. The molecule has 3 heterocycles. The van der Waals surface area contributed by atoms with Crippen LogP contribution in [0.3, 0.4) is 0 Å². The maximum Gasteiger partial charge on any atom is 0.273 e. The Bertz CT molecular complexity index is 848. The second kappa shape index (κ2) is 7.97. The summed E-state index contributed by atoms with van der Waals surface area (Å²) < 4.78 is 0. The van der Waals surface area contributed by atoms with Gasteiger partial charge in [-0.25, -0.2) is 9.97 Å². The third kappa shape index (κ3) is 3.94. The van der Waals surface area contributed by atoms with Crippen molar-refractivity contribution in [2.24, 2.45) is 0 Å². The molecule has 1 aliphatic rings. The number of carbonyl (C=O) groups excluding carboxylic acids is 1. The van der Waals surface area contributed by atoms with Crippen LogP contribution in [0, 0.1) is 0 Å². The number of aromatic nitrogens is 3. The zero-order chi connectivity index (χ0) is 17.8. The van der Waals surface area contributed by atoms with Gasteiger partial charge >= 0.3 is 0 Å². The maximum atomic E-state index is 12.5. The fourth-order valence-electron chi connectivity index (χ4n) is 3.27. The van der Waals surface area contributed by atoms with E-state index in [1.54, 1.807) is 11.3 Å². The van der Waals surface area contributed by atoms with Crippen LogP contribution in [0.1, 0.15) is 40.6 Å². The summed E-state index contributed by atoms with van der Waals surface area (Å²) in [6.07, 6.45) is 4.25. The van der Waals surface area contributed by atoms with E-state index < -0.39 is 0 Å². The van der Waals surface area contributed by atoms with Crippen molar-refractivity contribution < 1.29 is 4.79 Å². The van der Waals surface area contributed by atoms with Crippen LogP contribution in [0.4, 0.5) is 0 Å². The summed E-state index contributed by atoms with van der Waals surface area (Å²) in [6, 6.07) is 8.03. The van der Waals surface area contributed by atoms with E-state index in [9.17, 15) is 4.79 Å². The van der Waals surface area contributed by atoms with Crippen molar-refractivity contribution in [3.63, 3.8) is 0 Å². The molecular formula is C19H23N5OS. The Morgan fingerprint density at radius 3 is 2.88 bits per heavy atom. The highest BCUT2D eigenvalue weighted by Gasteiger charge is 2.20. The molecule has 1 aliphatic heterocycles. The van der Waals surface area contributed by atoms with Gasteiger partial charge in [0.15, 0.2) is 0 Å². The van der Waals surface area contributed by atoms with E-state index in [4.69, 9.17) is 0 Å². The number of piperidine rings is 1. The number of nitrogens with zero attached hydrogens (tertiary/aromatic N) is 3. The van der Waals surface area contributed by atoms with Crippen LogP contribution >= 0.6 is 11.3 Å². The summed E-state index contributed by atoms with van der Waals surface area (Å²) >= 11 is 1.57. The molecule has 26 heavy (non-hydrogen) atoms. The summed E-state index contributed by atoms with van der Waals surface area (Å²) in [5, 5.41) is 6.29. The molecule has 4 rings (SSSR count). The van der Waals surface area contributed by atoms with Gasteiger partial charge in [0.05, 0.1) is 22.6 Å². The molecule has 0 saturated carbocycles. The second-order valence-electron chi connectivity index (χ2n) is 6.61. The van der Waals surface area contributed by atoms with Gasteiger partial charge < -0.3 is 15.2 Å². The van der Waals surface area contributed by atoms with Crippen molar-refractivity contribution in [1.82, 2.24) is 25.2 Å². The molecule has 1 aromatic carbocycles. The van der Waals surface area contributed by atoms with E-state index in [0.29, 0.717) is 12.2 Å².